The van der Waals surface area contributed by atoms with Gasteiger partial charge in [0.05, 0.1) is 19.3 Å². The number of nitrogens with zero attached hydrogens (tertiary/aromatic N) is 2. The number of ether oxygens (including phenoxy) is 1. The first kappa shape index (κ1) is 16.3. The van der Waals surface area contributed by atoms with Crippen LogP contribution in [-0.4, -0.2) is 48.1 Å². The molecule has 2 N–H and O–H groups in total. The van der Waals surface area contributed by atoms with Crippen molar-refractivity contribution < 1.29 is 14.9 Å². The average Bonchev–Trinajstić information content (AvgIpc) is 2.57. The lowest BCUT2D eigenvalue weighted by Gasteiger charge is -2.18. The second-order valence-electron chi connectivity index (χ2n) is 5.14. The van der Waals surface area contributed by atoms with Gasteiger partial charge < -0.3 is 19.8 Å². The van der Waals surface area contributed by atoms with E-state index in [9.17, 15) is 5.11 Å². The number of benzene rings is 1. The molecule has 0 amide bonds. The van der Waals surface area contributed by atoms with Crippen LogP contribution in [0.15, 0.2) is 48.7 Å². The van der Waals surface area contributed by atoms with Gasteiger partial charge in [-0.3, -0.25) is 0 Å². The first-order valence-corrected chi connectivity index (χ1v) is 7.32. The van der Waals surface area contributed by atoms with Crippen LogP contribution < -0.4 is 9.64 Å². The summed E-state index contributed by atoms with van der Waals surface area (Å²) in [6.45, 7) is 1.08. The highest BCUT2D eigenvalue weighted by atomic mass is 16.5. The number of aliphatic hydroxyl groups is 2. The fourth-order valence-corrected chi connectivity index (χ4v) is 2.05. The first-order chi connectivity index (χ1) is 10.7. The smallest absolute Gasteiger partial charge is 0.128 e. The van der Waals surface area contributed by atoms with Gasteiger partial charge >= 0.3 is 0 Å². The zero-order valence-corrected chi connectivity index (χ0v) is 12.7. The van der Waals surface area contributed by atoms with E-state index in [1.54, 1.807) is 6.20 Å². The second kappa shape index (κ2) is 8.36. The van der Waals surface area contributed by atoms with Gasteiger partial charge in [0.25, 0.3) is 0 Å². The minimum absolute atomic E-state index is 0.224. The van der Waals surface area contributed by atoms with Crippen molar-refractivity contribution in [3.63, 3.8) is 0 Å². The van der Waals surface area contributed by atoms with Gasteiger partial charge in [0, 0.05) is 19.7 Å². The molecule has 0 saturated heterocycles. The van der Waals surface area contributed by atoms with Crippen molar-refractivity contribution in [1.82, 2.24) is 4.98 Å². The summed E-state index contributed by atoms with van der Waals surface area (Å²) in [4.78, 5) is 6.31. The maximum Gasteiger partial charge on any atom is 0.128 e. The molecule has 1 aromatic carbocycles. The quantitative estimate of drug-likeness (QED) is 0.773. The van der Waals surface area contributed by atoms with E-state index in [4.69, 9.17) is 9.84 Å². The van der Waals surface area contributed by atoms with E-state index in [0.29, 0.717) is 13.0 Å². The molecular formula is C17H22N2O3. The molecule has 1 aromatic heterocycles. The minimum atomic E-state index is -0.709. The highest BCUT2D eigenvalue weighted by molar-refractivity contribution is 5.36. The molecule has 1 heterocycles. The molecular weight excluding hydrogens is 280 g/mol. The highest BCUT2D eigenvalue weighted by Crippen LogP contribution is 2.14. The van der Waals surface area contributed by atoms with Gasteiger partial charge in [-0.25, -0.2) is 4.98 Å². The zero-order chi connectivity index (χ0) is 15.8. The summed E-state index contributed by atoms with van der Waals surface area (Å²) < 4.78 is 5.70. The number of aromatic nitrogens is 1. The first-order valence-electron chi connectivity index (χ1n) is 7.32. The van der Waals surface area contributed by atoms with E-state index in [-0.39, 0.29) is 6.61 Å². The summed E-state index contributed by atoms with van der Waals surface area (Å²) >= 11 is 0. The Morgan fingerprint density at radius 3 is 2.59 bits per heavy atom. The third-order valence-electron chi connectivity index (χ3n) is 3.34. The van der Waals surface area contributed by atoms with Gasteiger partial charge in [0.2, 0.25) is 0 Å². The van der Waals surface area contributed by atoms with Crippen molar-refractivity contribution in [2.75, 3.05) is 31.7 Å². The number of pyridine rings is 1. The largest absolute Gasteiger partial charge is 0.492 e. The summed E-state index contributed by atoms with van der Waals surface area (Å²) in [5.41, 5.74) is 0.972. The molecule has 0 spiro atoms. The molecule has 2 rings (SSSR count). The maximum atomic E-state index is 9.40. The Kier molecular flexibility index (Phi) is 6.18. The van der Waals surface area contributed by atoms with E-state index in [0.717, 1.165) is 23.7 Å². The summed E-state index contributed by atoms with van der Waals surface area (Å²) in [7, 11) is 1.98. The maximum absolute atomic E-state index is 9.40. The lowest BCUT2D eigenvalue weighted by atomic mass is 10.1. The number of aliphatic hydroxyl groups excluding tert-OH is 2. The zero-order valence-electron chi connectivity index (χ0n) is 12.7. The molecule has 0 fully saturated rings. The van der Waals surface area contributed by atoms with Crippen LogP contribution >= 0.6 is 0 Å². The SMILES string of the molecule is CN(CCOc1ccc(C[C@H](O)CO)cc1)c1ccccn1. The van der Waals surface area contributed by atoms with Crippen molar-refractivity contribution in [2.24, 2.45) is 0 Å². The molecule has 1 atom stereocenters. The fourth-order valence-electron chi connectivity index (χ4n) is 2.05. The summed E-state index contributed by atoms with van der Waals surface area (Å²) in [6, 6.07) is 13.4. The number of hydrogen-bond acceptors (Lipinski definition) is 5. The standard InChI is InChI=1S/C17H22N2O3/c1-19(17-4-2-3-9-18-17)10-11-22-16-7-5-14(6-8-16)12-15(21)13-20/h2-9,15,20-21H,10-13H2,1H3/t15-/m0/s1. The Balaban J connectivity index is 1.77. The van der Waals surface area contributed by atoms with Crippen LogP contribution in [-0.2, 0) is 6.42 Å². The monoisotopic (exact) mass is 302 g/mol. The third-order valence-corrected chi connectivity index (χ3v) is 3.34. The average molecular weight is 302 g/mol. The van der Waals surface area contributed by atoms with E-state index in [1.807, 2.05) is 54.4 Å². The Hall–Kier alpha value is -2.11. The van der Waals surface area contributed by atoms with Crippen molar-refractivity contribution in [3.8, 4) is 5.75 Å². The number of hydrogen-bond donors (Lipinski definition) is 2. The number of rotatable bonds is 8. The molecule has 0 radical (unpaired) electrons. The minimum Gasteiger partial charge on any atom is -0.492 e. The topological polar surface area (TPSA) is 65.8 Å². The Morgan fingerprint density at radius 2 is 1.95 bits per heavy atom. The second-order valence-corrected chi connectivity index (χ2v) is 5.14. The molecule has 118 valence electrons. The molecule has 0 bridgehead atoms. The van der Waals surface area contributed by atoms with Gasteiger partial charge in [-0.1, -0.05) is 18.2 Å². The van der Waals surface area contributed by atoms with Crippen LogP contribution in [0.1, 0.15) is 5.56 Å². The lowest BCUT2D eigenvalue weighted by Crippen LogP contribution is -2.24. The molecule has 5 nitrogen and oxygen atoms in total. The number of likely N-dealkylation sites (N-methyl/N-ethyl adjacent to an activating group) is 1. The Morgan fingerprint density at radius 1 is 1.18 bits per heavy atom. The predicted molar refractivity (Wildman–Crippen MR) is 86.2 cm³/mol. The predicted octanol–water partition coefficient (Wildman–Crippen LogP) is 1.49. The molecule has 0 aliphatic carbocycles. The molecule has 0 aliphatic heterocycles. The van der Waals surface area contributed by atoms with Gasteiger partial charge in [-0.2, -0.15) is 0 Å². The van der Waals surface area contributed by atoms with E-state index in [1.165, 1.54) is 0 Å². The molecule has 0 saturated carbocycles. The Bertz CT molecular complexity index is 546. The molecule has 0 aliphatic rings. The molecule has 2 aromatic rings. The highest BCUT2D eigenvalue weighted by Gasteiger charge is 2.04. The molecule has 22 heavy (non-hydrogen) atoms. The lowest BCUT2D eigenvalue weighted by molar-refractivity contribution is 0.0955. The van der Waals surface area contributed by atoms with Crippen molar-refractivity contribution in [2.45, 2.75) is 12.5 Å². The Labute approximate surface area is 130 Å². The van der Waals surface area contributed by atoms with Crippen LogP contribution in [0.5, 0.6) is 5.75 Å². The van der Waals surface area contributed by atoms with Crippen molar-refractivity contribution in [1.29, 1.82) is 0 Å². The molecule has 0 unspecified atom stereocenters. The van der Waals surface area contributed by atoms with Gasteiger partial charge in [0.1, 0.15) is 18.2 Å². The summed E-state index contributed by atoms with van der Waals surface area (Å²) in [5, 5.41) is 18.2. The van der Waals surface area contributed by atoms with Crippen LogP contribution in [0.4, 0.5) is 5.82 Å². The van der Waals surface area contributed by atoms with E-state index >= 15 is 0 Å². The summed E-state index contributed by atoms with van der Waals surface area (Å²) in [5.74, 6) is 1.70. The van der Waals surface area contributed by atoms with Gasteiger partial charge in [-0.15, -0.1) is 0 Å². The van der Waals surface area contributed by atoms with Crippen LogP contribution in [0.3, 0.4) is 0 Å². The van der Waals surface area contributed by atoms with Crippen molar-refractivity contribution >= 4 is 5.82 Å². The summed E-state index contributed by atoms with van der Waals surface area (Å²) in [6.07, 6.45) is 1.50. The fraction of sp³-hybridized carbons (Fsp3) is 0.353. The van der Waals surface area contributed by atoms with Crippen LogP contribution in [0, 0.1) is 0 Å². The van der Waals surface area contributed by atoms with Crippen LogP contribution in [0.2, 0.25) is 0 Å². The van der Waals surface area contributed by atoms with E-state index in [2.05, 4.69) is 4.98 Å². The normalized spacial score (nSPS) is 12.0. The van der Waals surface area contributed by atoms with Gasteiger partial charge in [0.15, 0.2) is 0 Å². The third kappa shape index (κ3) is 5.02. The number of anilines is 1. The van der Waals surface area contributed by atoms with Crippen molar-refractivity contribution in [3.05, 3.63) is 54.2 Å². The molecule has 5 heteroatoms. The van der Waals surface area contributed by atoms with Gasteiger partial charge in [-0.05, 0) is 29.8 Å². The van der Waals surface area contributed by atoms with E-state index < -0.39 is 6.10 Å². The van der Waals surface area contributed by atoms with Crippen LogP contribution in [0.25, 0.3) is 0 Å².